The Kier molecular flexibility index (Phi) is 4.62. The second kappa shape index (κ2) is 6.02. The summed E-state index contributed by atoms with van der Waals surface area (Å²) < 4.78 is 0. The summed E-state index contributed by atoms with van der Waals surface area (Å²) in [6.07, 6.45) is 7.23. The first-order chi connectivity index (χ1) is 8.59. The number of carbonyl (C=O) groups is 1. The normalized spacial score (nSPS) is 31.2. The Hall–Kier alpha value is -0.610. The first-order valence-electron chi connectivity index (χ1n) is 7.38. The van der Waals surface area contributed by atoms with Crippen molar-refractivity contribution in [2.24, 2.45) is 0 Å². The minimum absolute atomic E-state index is 0.0727. The lowest BCUT2D eigenvalue weighted by Gasteiger charge is -2.30. The Balaban J connectivity index is 1.77. The number of hydrogen-bond donors (Lipinski definition) is 3. The van der Waals surface area contributed by atoms with Crippen LogP contribution in [0.15, 0.2) is 0 Å². The molecule has 1 saturated heterocycles. The fraction of sp³-hybridized carbons (Fsp3) is 0.929. The second-order valence-corrected chi connectivity index (χ2v) is 6.20. The molecule has 0 aromatic heterocycles. The average molecular weight is 253 g/mol. The molecule has 2 fully saturated rings. The van der Waals surface area contributed by atoms with E-state index in [-0.39, 0.29) is 17.5 Å². The summed E-state index contributed by atoms with van der Waals surface area (Å²) in [7, 11) is 0. The van der Waals surface area contributed by atoms with Gasteiger partial charge in [-0.25, -0.2) is 0 Å². The molecule has 0 spiro atoms. The van der Waals surface area contributed by atoms with E-state index in [9.17, 15) is 4.79 Å². The van der Waals surface area contributed by atoms with Gasteiger partial charge in [0, 0.05) is 18.1 Å². The molecule has 0 aromatic rings. The lowest BCUT2D eigenvalue weighted by atomic mass is 9.95. The van der Waals surface area contributed by atoms with Crippen molar-refractivity contribution in [2.45, 2.75) is 70.0 Å². The van der Waals surface area contributed by atoms with E-state index >= 15 is 0 Å². The zero-order valence-corrected chi connectivity index (χ0v) is 11.7. The van der Waals surface area contributed by atoms with Crippen molar-refractivity contribution >= 4 is 5.91 Å². The molecular weight excluding hydrogens is 226 g/mol. The zero-order valence-electron chi connectivity index (χ0n) is 11.7. The molecule has 104 valence electrons. The van der Waals surface area contributed by atoms with Gasteiger partial charge in [-0.3, -0.25) is 10.1 Å². The largest absolute Gasteiger partial charge is 0.352 e. The standard InChI is InChI=1S/C14H27N3O/c1-11(17-14(2)8-9-15-10-14)13(18)16-12-6-4-3-5-7-12/h11-12,15,17H,3-10H2,1-2H3,(H,16,18). The maximum absolute atomic E-state index is 12.1. The molecule has 2 rings (SSSR count). The summed E-state index contributed by atoms with van der Waals surface area (Å²) in [4.78, 5) is 12.1. The van der Waals surface area contributed by atoms with Gasteiger partial charge in [-0.1, -0.05) is 19.3 Å². The molecule has 1 aliphatic carbocycles. The molecule has 2 atom stereocenters. The fourth-order valence-electron chi connectivity index (χ4n) is 3.10. The van der Waals surface area contributed by atoms with E-state index in [1.165, 1.54) is 19.3 Å². The number of carbonyl (C=O) groups excluding carboxylic acids is 1. The summed E-state index contributed by atoms with van der Waals surface area (Å²) in [5, 5.41) is 10.0. The Morgan fingerprint density at radius 2 is 2.06 bits per heavy atom. The van der Waals surface area contributed by atoms with Crippen molar-refractivity contribution in [3.8, 4) is 0 Å². The Morgan fingerprint density at radius 3 is 2.67 bits per heavy atom. The van der Waals surface area contributed by atoms with Crippen LogP contribution in [0.25, 0.3) is 0 Å². The molecule has 0 bridgehead atoms. The third-order valence-corrected chi connectivity index (χ3v) is 4.28. The number of rotatable bonds is 4. The molecule has 3 N–H and O–H groups in total. The predicted molar refractivity (Wildman–Crippen MR) is 73.5 cm³/mol. The third kappa shape index (κ3) is 3.69. The van der Waals surface area contributed by atoms with Crippen LogP contribution >= 0.6 is 0 Å². The van der Waals surface area contributed by atoms with Crippen molar-refractivity contribution in [3.63, 3.8) is 0 Å². The van der Waals surface area contributed by atoms with Gasteiger partial charge < -0.3 is 10.6 Å². The second-order valence-electron chi connectivity index (χ2n) is 6.20. The fourth-order valence-corrected chi connectivity index (χ4v) is 3.10. The maximum Gasteiger partial charge on any atom is 0.237 e. The van der Waals surface area contributed by atoms with E-state index < -0.39 is 0 Å². The summed E-state index contributed by atoms with van der Waals surface area (Å²) in [6.45, 7) is 6.16. The van der Waals surface area contributed by atoms with Crippen LogP contribution in [-0.2, 0) is 4.79 Å². The van der Waals surface area contributed by atoms with Crippen LogP contribution in [-0.4, -0.2) is 36.6 Å². The highest BCUT2D eigenvalue weighted by atomic mass is 16.2. The lowest BCUT2D eigenvalue weighted by Crippen LogP contribution is -2.55. The molecule has 1 heterocycles. The number of hydrogen-bond acceptors (Lipinski definition) is 3. The number of amides is 1. The highest BCUT2D eigenvalue weighted by molar-refractivity contribution is 5.81. The van der Waals surface area contributed by atoms with Crippen molar-refractivity contribution in [2.75, 3.05) is 13.1 Å². The van der Waals surface area contributed by atoms with Crippen LogP contribution in [0.3, 0.4) is 0 Å². The molecule has 4 nitrogen and oxygen atoms in total. The molecule has 4 heteroatoms. The van der Waals surface area contributed by atoms with Crippen molar-refractivity contribution in [1.82, 2.24) is 16.0 Å². The molecule has 1 amide bonds. The summed E-state index contributed by atoms with van der Waals surface area (Å²) >= 11 is 0. The van der Waals surface area contributed by atoms with Gasteiger partial charge in [0.1, 0.15) is 0 Å². The smallest absolute Gasteiger partial charge is 0.237 e. The molecule has 2 aliphatic rings. The van der Waals surface area contributed by atoms with E-state index in [1.54, 1.807) is 0 Å². The zero-order chi connectivity index (χ0) is 13.0. The van der Waals surface area contributed by atoms with Gasteiger partial charge in [0.05, 0.1) is 6.04 Å². The first-order valence-corrected chi connectivity index (χ1v) is 7.38. The van der Waals surface area contributed by atoms with Crippen molar-refractivity contribution in [3.05, 3.63) is 0 Å². The topological polar surface area (TPSA) is 53.2 Å². The SMILES string of the molecule is CC(NC1(C)CCNC1)C(=O)NC1CCCCC1. The van der Waals surface area contributed by atoms with Crippen molar-refractivity contribution in [1.29, 1.82) is 0 Å². The van der Waals surface area contributed by atoms with Gasteiger partial charge >= 0.3 is 0 Å². The Bertz CT molecular complexity index is 281. The molecular formula is C14H27N3O. The van der Waals surface area contributed by atoms with Crippen LogP contribution in [0.4, 0.5) is 0 Å². The summed E-state index contributed by atoms with van der Waals surface area (Å²) in [5.74, 6) is 0.162. The van der Waals surface area contributed by atoms with Gasteiger partial charge in [-0.2, -0.15) is 0 Å². The van der Waals surface area contributed by atoms with E-state index in [0.717, 1.165) is 32.4 Å². The van der Waals surface area contributed by atoms with Gasteiger partial charge in [0.15, 0.2) is 0 Å². The summed E-state index contributed by atoms with van der Waals surface area (Å²) in [5.41, 5.74) is 0.0727. The minimum atomic E-state index is -0.100. The lowest BCUT2D eigenvalue weighted by molar-refractivity contribution is -0.124. The molecule has 1 aliphatic heterocycles. The van der Waals surface area contributed by atoms with Crippen LogP contribution in [0.5, 0.6) is 0 Å². The van der Waals surface area contributed by atoms with Gasteiger partial charge in [0.25, 0.3) is 0 Å². The van der Waals surface area contributed by atoms with E-state index in [4.69, 9.17) is 0 Å². The predicted octanol–water partition coefficient (Wildman–Crippen LogP) is 1.17. The molecule has 1 saturated carbocycles. The third-order valence-electron chi connectivity index (χ3n) is 4.28. The first kappa shape index (κ1) is 13.8. The average Bonchev–Trinajstić information content (AvgIpc) is 2.77. The van der Waals surface area contributed by atoms with Crippen molar-refractivity contribution < 1.29 is 4.79 Å². The quantitative estimate of drug-likeness (QED) is 0.705. The maximum atomic E-state index is 12.1. The number of nitrogens with one attached hydrogen (secondary N) is 3. The molecule has 18 heavy (non-hydrogen) atoms. The minimum Gasteiger partial charge on any atom is -0.352 e. The molecule has 0 radical (unpaired) electrons. The van der Waals surface area contributed by atoms with E-state index in [0.29, 0.717) is 6.04 Å². The van der Waals surface area contributed by atoms with Gasteiger partial charge in [0.2, 0.25) is 5.91 Å². The van der Waals surface area contributed by atoms with Gasteiger partial charge in [-0.05, 0) is 39.7 Å². The van der Waals surface area contributed by atoms with E-state index in [1.807, 2.05) is 6.92 Å². The highest BCUT2D eigenvalue weighted by Crippen LogP contribution is 2.18. The van der Waals surface area contributed by atoms with Crippen LogP contribution in [0.2, 0.25) is 0 Å². The van der Waals surface area contributed by atoms with Crippen LogP contribution in [0, 0.1) is 0 Å². The Morgan fingerprint density at radius 1 is 1.33 bits per heavy atom. The van der Waals surface area contributed by atoms with Gasteiger partial charge in [-0.15, -0.1) is 0 Å². The highest BCUT2D eigenvalue weighted by Gasteiger charge is 2.31. The van der Waals surface area contributed by atoms with E-state index in [2.05, 4.69) is 22.9 Å². The monoisotopic (exact) mass is 253 g/mol. The molecule has 0 aromatic carbocycles. The van der Waals surface area contributed by atoms with Crippen LogP contribution in [0.1, 0.15) is 52.4 Å². The molecule has 2 unspecified atom stereocenters. The summed E-state index contributed by atoms with van der Waals surface area (Å²) in [6, 6.07) is 0.307. The van der Waals surface area contributed by atoms with Crippen LogP contribution < -0.4 is 16.0 Å². The Labute approximate surface area is 110 Å².